The summed E-state index contributed by atoms with van der Waals surface area (Å²) in [6.45, 7) is 5.86. The van der Waals surface area contributed by atoms with E-state index in [0.717, 1.165) is 23.6 Å². The third-order valence-corrected chi connectivity index (χ3v) is 6.47. The van der Waals surface area contributed by atoms with Gasteiger partial charge in [0.15, 0.2) is 5.17 Å². The molecule has 0 radical (unpaired) electrons. The van der Waals surface area contributed by atoms with Crippen molar-refractivity contribution in [2.24, 2.45) is 10.9 Å². The lowest BCUT2D eigenvalue weighted by Gasteiger charge is -2.34. The first-order valence-electron chi connectivity index (χ1n) is 9.22. The van der Waals surface area contributed by atoms with Crippen molar-refractivity contribution in [3.63, 3.8) is 0 Å². The fraction of sp³-hybridized carbons (Fsp3) is 0.579. The van der Waals surface area contributed by atoms with Crippen molar-refractivity contribution in [2.75, 3.05) is 0 Å². The molecule has 1 heterocycles. The maximum absolute atomic E-state index is 12.8. The van der Waals surface area contributed by atoms with Gasteiger partial charge in [-0.15, -0.1) is 0 Å². The summed E-state index contributed by atoms with van der Waals surface area (Å²) in [5, 5.41) is 11.5. The van der Waals surface area contributed by atoms with Crippen LogP contribution in [0.15, 0.2) is 23.2 Å². The van der Waals surface area contributed by atoms with Crippen LogP contribution < -0.4 is 0 Å². The molecule has 0 bridgehead atoms. The highest BCUT2D eigenvalue weighted by Crippen LogP contribution is 2.37. The second-order valence-corrected chi connectivity index (χ2v) is 8.54. The Bertz CT molecular complexity index is 744. The molecule has 6 nitrogen and oxygen atoms in total. The number of nitrogens with zero attached hydrogens (tertiary/aromatic N) is 3. The largest absolute Gasteiger partial charge is 0.287 e. The number of aliphatic imine (C=N–C) groups is 1. The monoisotopic (exact) mass is 375 g/mol. The zero-order chi connectivity index (χ0) is 18.8. The zero-order valence-electron chi connectivity index (χ0n) is 15.5. The van der Waals surface area contributed by atoms with E-state index >= 15 is 0 Å². The number of carbonyl (C=O) groups excluding carboxylic acids is 1. The van der Waals surface area contributed by atoms with Gasteiger partial charge in [-0.1, -0.05) is 31.0 Å². The van der Waals surface area contributed by atoms with E-state index in [1.54, 1.807) is 6.07 Å². The van der Waals surface area contributed by atoms with E-state index in [-0.39, 0.29) is 22.9 Å². The number of aryl methyl sites for hydroxylation is 1. The lowest BCUT2D eigenvalue weighted by Crippen LogP contribution is -2.43. The number of amides is 1. The molecule has 1 aliphatic carbocycles. The quantitative estimate of drug-likeness (QED) is 0.558. The molecule has 2 atom stereocenters. The molecule has 2 aliphatic rings. The second-order valence-electron chi connectivity index (χ2n) is 7.23. The average Bonchev–Trinajstić information content (AvgIpc) is 2.90. The molecule has 3 rings (SSSR count). The second kappa shape index (κ2) is 7.78. The number of carbonyl (C=O) groups is 1. The first kappa shape index (κ1) is 18.9. The normalized spacial score (nSPS) is 24.3. The van der Waals surface area contributed by atoms with Crippen LogP contribution in [0.4, 0.5) is 11.4 Å². The van der Waals surface area contributed by atoms with E-state index in [9.17, 15) is 14.9 Å². The van der Waals surface area contributed by atoms with Crippen LogP contribution in [0.2, 0.25) is 0 Å². The molecule has 26 heavy (non-hydrogen) atoms. The first-order valence-corrected chi connectivity index (χ1v) is 10.1. The lowest BCUT2D eigenvalue weighted by molar-refractivity contribution is -0.384. The smallest absolute Gasteiger partial charge is 0.269 e. The number of thioether (sulfide) groups is 1. The minimum atomic E-state index is -0.405. The summed E-state index contributed by atoms with van der Waals surface area (Å²) in [5.41, 5.74) is 1.48. The van der Waals surface area contributed by atoms with Crippen molar-refractivity contribution < 1.29 is 9.72 Å². The Balaban J connectivity index is 1.90. The number of hydrogen-bond acceptors (Lipinski definition) is 5. The Morgan fingerprint density at radius 3 is 2.62 bits per heavy atom. The van der Waals surface area contributed by atoms with Gasteiger partial charge in [0, 0.05) is 18.2 Å². The van der Waals surface area contributed by atoms with Crippen LogP contribution in [0.1, 0.15) is 51.5 Å². The van der Waals surface area contributed by atoms with Crippen LogP contribution in [-0.4, -0.2) is 32.2 Å². The van der Waals surface area contributed by atoms with Gasteiger partial charge >= 0.3 is 0 Å². The fourth-order valence-corrected chi connectivity index (χ4v) is 4.87. The Kier molecular flexibility index (Phi) is 5.65. The summed E-state index contributed by atoms with van der Waals surface area (Å²) >= 11 is 1.48. The maximum Gasteiger partial charge on any atom is 0.269 e. The van der Waals surface area contributed by atoms with E-state index in [4.69, 9.17) is 4.99 Å². The molecule has 0 spiro atoms. The van der Waals surface area contributed by atoms with Crippen molar-refractivity contribution in [3.05, 3.63) is 33.9 Å². The predicted octanol–water partition coefficient (Wildman–Crippen LogP) is 4.82. The highest BCUT2D eigenvalue weighted by Gasteiger charge is 2.40. The Hall–Kier alpha value is -1.89. The summed E-state index contributed by atoms with van der Waals surface area (Å²) < 4.78 is 0. The van der Waals surface area contributed by atoms with Gasteiger partial charge in [0.2, 0.25) is 5.91 Å². The molecular formula is C19H25N3O3S. The van der Waals surface area contributed by atoms with Crippen LogP contribution in [0.5, 0.6) is 0 Å². The highest BCUT2D eigenvalue weighted by atomic mass is 32.2. The number of benzene rings is 1. The first-order chi connectivity index (χ1) is 12.4. The molecule has 7 heteroatoms. The molecule has 140 valence electrons. The Morgan fingerprint density at radius 1 is 1.31 bits per heavy atom. The van der Waals surface area contributed by atoms with Gasteiger partial charge < -0.3 is 0 Å². The van der Waals surface area contributed by atoms with Crippen molar-refractivity contribution in [3.8, 4) is 0 Å². The maximum atomic E-state index is 12.8. The number of rotatable bonds is 4. The minimum Gasteiger partial charge on any atom is -0.287 e. The third-order valence-electron chi connectivity index (χ3n) is 5.42. The van der Waals surface area contributed by atoms with Gasteiger partial charge in [0.25, 0.3) is 5.69 Å². The van der Waals surface area contributed by atoms with E-state index in [2.05, 4.69) is 6.92 Å². The van der Waals surface area contributed by atoms with Gasteiger partial charge in [-0.3, -0.25) is 19.8 Å². The van der Waals surface area contributed by atoms with E-state index < -0.39 is 4.92 Å². The standard InChI is InChI=1S/C19H25N3O3S/c1-12-11-16(22(24)25)9-10-17(12)20-19-21(18(23)14(3)26-19)13(2)15-7-5-4-6-8-15/h9-11,13-15H,4-8H2,1-3H3/t13-,14?/m0/s1. The van der Waals surface area contributed by atoms with Gasteiger partial charge in [0.1, 0.15) is 0 Å². The summed E-state index contributed by atoms with van der Waals surface area (Å²) in [5.74, 6) is 0.633. The Morgan fingerprint density at radius 2 is 2.00 bits per heavy atom. The van der Waals surface area contributed by atoms with Crippen molar-refractivity contribution in [1.82, 2.24) is 4.90 Å². The van der Waals surface area contributed by atoms with Gasteiger partial charge in [-0.05, 0) is 51.2 Å². The summed E-state index contributed by atoms with van der Waals surface area (Å²) in [4.78, 5) is 29.9. The lowest BCUT2D eigenvalue weighted by atomic mass is 9.84. The van der Waals surface area contributed by atoms with Crippen LogP contribution in [-0.2, 0) is 4.79 Å². The molecule has 1 saturated heterocycles. The van der Waals surface area contributed by atoms with E-state index in [1.807, 2.05) is 18.7 Å². The summed E-state index contributed by atoms with van der Waals surface area (Å²) in [6, 6.07) is 4.79. The summed E-state index contributed by atoms with van der Waals surface area (Å²) in [6.07, 6.45) is 6.06. The van der Waals surface area contributed by atoms with Crippen LogP contribution >= 0.6 is 11.8 Å². The fourth-order valence-electron chi connectivity index (χ4n) is 3.82. The topological polar surface area (TPSA) is 75.8 Å². The summed E-state index contributed by atoms with van der Waals surface area (Å²) in [7, 11) is 0. The minimum absolute atomic E-state index is 0.0578. The molecule has 2 fully saturated rings. The number of nitro benzene ring substituents is 1. The van der Waals surface area contributed by atoms with Gasteiger partial charge in [0.05, 0.1) is 15.9 Å². The van der Waals surface area contributed by atoms with Gasteiger partial charge in [-0.25, -0.2) is 4.99 Å². The van der Waals surface area contributed by atoms with Crippen LogP contribution in [0, 0.1) is 23.0 Å². The molecule has 0 aromatic heterocycles. The third kappa shape index (κ3) is 3.77. The number of amidine groups is 1. The number of hydrogen-bond donors (Lipinski definition) is 0. The van der Waals surface area contributed by atoms with Crippen LogP contribution in [0.3, 0.4) is 0 Å². The SMILES string of the molecule is Cc1cc([N+](=O)[O-])ccc1N=C1SC(C)C(=O)N1[C@@H](C)C1CCCCC1. The molecule has 1 aliphatic heterocycles. The van der Waals surface area contributed by atoms with Crippen LogP contribution in [0.25, 0.3) is 0 Å². The highest BCUT2D eigenvalue weighted by molar-refractivity contribution is 8.15. The number of nitro groups is 1. The molecule has 1 aromatic rings. The average molecular weight is 375 g/mol. The molecule has 1 aromatic carbocycles. The molecule has 1 amide bonds. The molecule has 0 N–H and O–H groups in total. The van der Waals surface area contributed by atoms with Gasteiger partial charge in [-0.2, -0.15) is 0 Å². The van der Waals surface area contributed by atoms with Crippen molar-refractivity contribution >= 4 is 34.2 Å². The van der Waals surface area contributed by atoms with Crippen molar-refractivity contribution in [2.45, 2.75) is 64.2 Å². The molecule has 1 unspecified atom stereocenters. The zero-order valence-corrected chi connectivity index (χ0v) is 16.3. The predicted molar refractivity (Wildman–Crippen MR) is 105 cm³/mol. The Labute approximate surface area is 158 Å². The van der Waals surface area contributed by atoms with E-state index in [0.29, 0.717) is 11.6 Å². The van der Waals surface area contributed by atoms with Crippen molar-refractivity contribution in [1.29, 1.82) is 0 Å². The van der Waals surface area contributed by atoms with E-state index in [1.165, 1.54) is 43.2 Å². The number of non-ortho nitro benzene ring substituents is 1. The molecule has 1 saturated carbocycles. The molecular weight excluding hydrogens is 350 g/mol.